The van der Waals surface area contributed by atoms with E-state index in [1.807, 2.05) is 0 Å². The van der Waals surface area contributed by atoms with Crippen LogP contribution in [0.3, 0.4) is 0 Å². The van der Waals surface area contributed by atoms with Gasteiger partial charge in [-0.2, -0.15) is 0 Å². The van der Waals surface area contributed by atoms with E-state index in [2.05, 4.69) is 32.1 Å². The number of hydrogen-bond acceptors (Lipinski definition) is 2. The Morgan fingerprint density at radius 1 is 1.00 bits per heavy atom. The molecule has 0 unspecified atom stereocenters. The number of nitrogens with zero attached hydrogens (tertiary/aromatic N) is 1. The molecule has 1 aliphatic rings. The van der Waals surface area contributed by atoms with Gasteiger partial charge < -0.3 is 0 Å². The third-order valence-electron chi connectivity index (χ3n) is 5.14. The molecule has 1 aromatic rings. The molecule has 0 spiro atoms. The van der Waals surface area contributed by atoms with Crippen LogP contribution in [0.5, 0.6) is 0 Å². The van der Waals surface area contributed by atoms with Crippen molar-refractivity contribution in [1.29, 1.82) is 0 Å². The van der Waals surface area contributed by atoms with Crippen molar-refractivity contribution in [2.24, 2.45) is 0 Å². The molecule has 1 saturated carbocycles. The van der Waals surface area contributed by atoms with E-state index >= 15 is 0 Å². The van der Waals surface area contributed by atoms with E-state index in [1.54, 1.807) is 3.58 Å². The van der Waals surface area contributed by atoms with Crippen LogP contribution in [0.25, 0.3) is 0 Å². The summed E-state index contributed by atoms with van der Waals surface area (Å²) in [5.41, 5.74) is 0. The first-order chi connectivity index (χ1) is 10.3. The summed E-state index contributed by atoms with van der Waals surface area (Å²) in [7, 11) is 0. The zero-order chi connectivity index (χ0) is 15.1. The van der Waals surface area contributed by atoms with Gasteiger partial charge in [-0.15, -0.1) is 0 Å². The first-order valence-corrected chi connectivity index (χ1v) is 16.7. The molecular formula is C18H33NOSn. The maximum atomic E-state index is 5.74. The van der Waals surface area contributed by atoms with Gasteiger partial charge in [-0.3, -0.25) is 0 Å². The van der Waals surface area contributed by atoms with Gasteiger partial charge in [0, 0.05) is 0 Å². The zero-order valence-electron chi connectivity index (χ0n) is 14.3. The molecule has 1 aromatic heterocycles. The van der Waals surface area contributed by atoms with Crippen LogP contribution in [-0.4, -0.2) is 23.5 Å². The molecule has 120 valence electrons. The fraction of sp³-hybridized carbons (Fsp3) is 0.833. The van der Waals surface area contributed by atoms with Crippen molar-refractivity contribution in [2.45, 2.75) is 91.4 Å². The van der Waals surface area contributed by atoms with E-state index in [9.17, 15) is 0 Å². The quantitative estimate of drug-likeness (QED) is 0.453. The summed E-state index contributed by atoms with van der Waals surface area (Å²) in [6.07, 6.45) is 13.1. The third-order valence-corrected chi connectivity index (χ3v) is 20.7. The predicted molar refractivity (Wildman–Crippen MR) is 93.0 cm³/mol. The van der Waals surface area contributed by atoms with Crippen LogP contribution in [-0.2, 0) is 0 Å². The van der Waals surface area contributed by atoms with Crippen molar-refractivity contribution in [3.63, 3.8) is 0 Å². The number of unbranched alkanes of at least 4 members (excludes halogenated alkanes) is 3. The minimum atomic E-state index is -2.30. The summed E-state index contributed by atoms with van der Waals surface area (Å²) in [6.45, 7) is 7.02. The molecule has 2 nitrogen and oxygen atoms in total. The summed E-state index contributed by atoms with van der Waals surface area (Å²) in [6, 6.07) is 0. The van der Waals surface area contributed by atoms with Crippen LogP contribution < -0.4 is 3.58 Å². The normalized spacial score (nSPS) is 15.6. The Hall–Kier alpha value is 0.00870. The SMILES string of the molecule is CCC[CH2][Sn]([CH2]CCC)([CH2]CCC)[c]1cnoc1C1CC1. The van der Waals surface area contributed by atoms with Crippen LogP contribution in [0.2, 0.25) is 13.3 Å². The van der Waals surface area contributed by atoms with Crippen molar-refractivity contribution >= 4 is 22.0 Å². The Bertz CT molecular complexity index is 389. The van der Waals surface area contributed by atoms with Crippen molar-refractivity contribution in [1.82, 2.24) is 5.16 Å². The fourth-order valence-corrected chi connectivity index (χ4v) is 20.0. The number of rotatable bonds is 11. The summed E-state index contributed by atoms with van der Waals surface area (Å²) in [5, 5.41) is 4.25. The second-order valence-corrected chi connectivity index (χ2v) is 20.1. The van der Waals surface area contributed by atoms with Gasteiger partial charge in [0.25, 0.3) is 0 Å². The molecule has 1 aliphatic carbocycles. The second-order valence-electron chi connectivity index (χ2n) is 6.97. The van der Waals surface area contributed by atoms with Crippen LogP contribution >= 0.6 is 0 Å². The Morgan fingerprint density at radius 3 is 1.95 bits per heavy atom. The van der Waals surface area contributed by atoms with Gasteiger partial charge in [0.1, 0.15) is 0 Å². The van der Waals surface area contributed by atoms with E-state index < -0.39 is 18.4 Å². The van der Waals surface area contributed by atoms with E-state index in [0.717, 1.165) is 5.92 Å². The molecule has 0 radical (unpaired) electrons. The van der Waals surface area contributed by atoms with Crippen LogP contribution in [0.4, 0.5) is 0 Å². The van der Waals surface area contributed by atoms with E-state index in [-0.39, 0.29) is 0 Å². The van der Waals surface area contributed by atoms with Gasteiger partial charge in [-0.1, -0.05) is 0 Å². The van der Waals surface area contributed by atoms with Gasteiger partial charge in [0.05, 0.1) is 0 Å². The zero-order valence-corrected chi connectivity index (χ0v) is 17.1. The Kier molecular flexibility index (Phi) is 7.10. The van der Waals surface area contributed by atoms with Crippen LogP contribution in [0.1, 0.15) is 83.8 Å². The molecule has 0 bridgehead atoms. The molecule has 1 fully saturated rings. The van der Waals surface area contributed by atoms with Crippen LogP contribution in [0.15, 0.2) is 10.7 Å². The molecule has 1 heterocycles. The molecule has 0 aliphatic heterocycles. The molecule has 0 atom stereocenters. The fourth-order valence-electron chi connectivity index (χ4n) is 3.61. The minimum absolute atomic E-state index is 0.725. The summed E-state index contributed by atoms with van der Waals surface area (Å²) in [5.74, 6) is 2.05. The summed E-state index contributed by atoms with van der Waals surface area (Å²) in [4.78, 5) is 0. The van der Waals surface area contributed by atoms with Gasteiger partial charge >= 0.3 is 135 Å². The first kappa shape index (κ1) is 17.4. The molecule has 21 heavy (non-hydrogen) atoms. The summed E-state index contributed by atoms with van der Waals surface area (Å²) < 4.78 is 12.0. The predicted octanol–water partition coefficient (Wildman–Crippen LogP) is 5.61. The maximum absolute atomic E-state index is 5.74. The van der Waals surface area contributed by atoms with Gasteiger partial charge in [-0.05, 0) is 0 Å². The molecule has 3 heteroatoms. The monoisotopic (exact) mass is 399 g/mol. The van der Waals surface area contributed by atoms with Crippen molar-refractivity contribution in [3.05, 3.63) is 12.0 Å². The average Bonchev–Trinajstić information content (AvgIpc) is 3.24. The Balaban J connectivity index is 2.26. The second kappa shape index (κ2) is 8.59. The molecule has 0 saturated heterocycles. The average molecular weight is 398 g/mol. The molecular weight excluding hydrogens is 365 g/mol. The van der Waals surface area contributed by atoms with Crippen molar-refractivity contribution in [3.8, 4) is 0 Å². The van der Waals surface area contributed by atoms with E-state index in [0.29, 0.717) is 0 Å². The molecule has 2 rings (SSSR count). The summed E-state index contributed by atoms with van der Waals surface area (Å²) >= 11 is -2.30. The molecule has 0 N–H and O–H groups in total. The van der Waals surface area contributed by atoms with E-state index in [4.69, 9.17) is 4.52 Å². The Morgan fingerprint density at radius 2 is 1.52 bits per heavy atom. The topological polar surface area (TPSA) is 26.0 Å². The molecule has 0 amide bonds. The van der Waals surface area contributed by atoms with Gasteiger partial charge in [0.15, 0.2) is 0 Å². The standard InChI is InChI=1S/C6H6NO.3C4H9.Sn/c1-2-5(1)6-3-4-7-8-6;3*1-3-4-2;/h4-5H,1-2H2;3*1,3-4H2,2H3;. The number of hydrogen-bond donors (Lipinski definition) is 0. The van der Waals surface area contributed by atoms with Gasteiger partial charge in [-0.25, -0.2) is 0 Å². The van der Waals surface area contributed by atoms with Crippen molar-refractivity contribution in [2.75, 3.05) is 0 Å². The Labute approximate surface area is 134 Å². The first-order valence-electron chi connectivity index (χ1n) is 9.22. The van der Waals surface area contributed by atoms with Crippen LogP contribution in [0, 0.1) is 0 Å². The molecule has 0 aromatic carbocycles. The van der Waals surface area contributed by atoms with E-state index in [1.165, 1.54) is 70.4 Å². The number of aromatic nitrogens is 1. The third kappa shape index (κ3) is 4.49. The van der Waals surface area contributed by atoms with Gasteiger partial charge in [0.2, 0.25) is 0 Å². The van der Waals surface area contributed by atoms with Crippen molar-refractivity contribution < 1.29 is 4.52 Å².